The first kappa shape index (κ1) is 17.8. The Morgan fingerprint density at radius 2 is 2.14 bits per heavy atom. The molecule has 4 aromatic rings. The molecule has 0 aliphatic heterocycles. The second kappa shape index (κ2) is 6.99. The van der Waals surface area contributed by atoms with E-state index in [1.54, 1.807) is 18.5 Å². The van der Waals surface area contributed by atoms with E-state index in [0.29, 0.717) is 18.8 Å². The van der Waals surface area contributed by atoms with Gasteiger partial charge in [-0.3, -0.25) is 0 Å². The zero-order valence-corrected chi connectivity index (χ0v) is 16.2. The lowest BCUT2D eigenvalue weighted by Gasteiger charge is -2.29. The van der Waals surface area contributed by atoms with Crippen LogP contribution in [0.1, 0.15) is 37.7 Å². The van der Waals surface area contributed by atoms with Crippen LogP contribution in [-0.2, 0) is 0 Å². The number of pyridine rings is 1. The average molecular weight is 390 g/mol. The molecule has 29 heavy (non-hydrogen) atoms. The summed E-state index contributed by atoms with van der Waals surface area (Å²) in [5, 5.41) is 8.34. The van der Waals surface area contributed by atoms with Crippen LogP contribution in [0.3, 0.4) is 0 Å². The van der Waals surface area contributed by atoms with Crippen molar-refractivity contribution >= 4 is 28.6 Å². The number of halogens is 1. The van der Waals surface area contributed by atoms with Crippen LogP contribution in [0.5, 0.6) is 0 Å². The van der Waals surface area contributed by atoms with Crippen molar-refractivity contribution in [2.24, 2.45) is 0 Å². The van der Waals surface area contributed by atoms with Crippen LogP contribution in [-0.4, -0.2) is 36.8 Å². The molecule has 0 radical (unpaired) electrons. The molecule has 4 aromatic heterocycles. The third-order valence-electron chi connectivity index (χ3n) is 5.83. The van der Waals surface area contributed by atoms with Gasteiger partial charge in [0, 0.05) is 35.1 Å². The van der Waals surface area contributed by atoms with Gasteiger partial charge in [-0.05, 0) is 30.5 Å². The first-order valence-electron chi connectivity index (χ1n) is 10.0. The maximum absolute atomic E-state index is 14.8. The molecular weight excluding hydrogens is 367 g/mol. The van der Waals surface area contributed by atoms with Crippen molar-refractivity contribution in [1.82, 2.24) is 24.6 Å². The highest BCUT2D eigenvalue weighted by Crippen LogP contribution is 2.32. The summed E-state index contributed by atoms with van der Waals surface area (Å²) in [6.07, 6.45) is 13.5. The van der Waals surface area contributed by atoms with E-state index in [-0.39, 0.29) is 6.54 Å². The average Bonchev–Trinajstić information content (AvgIpc) is 3.36. The maximum atomic E-state index is 14.8. The second-order valence-corrected chi connectivity index (χ2v) is 7.77. The predicted octanol–water partition coefficient (Wildman–Crippen LogP) is 5.00. The largest absolute Gasteiger partial charge is 0.351 e. The van der Waals surface area contributed by atoms with Crippen molar-refractivity contribution in [3.05, 3.63) is 49.1 Å². The van der Waals surface area contributed by atoms with Gasteiger partial charge in [0.15, 0.2) is 0 Å². The van der Waals surface area contributed by atoms with E-state index in [2.05, 4.69) is 38.0 Å². The summed E-state index contributed by atoms with van der Waals surface area (Å²) >= 11 is 0. The standard InChI is InChI=1S/C22H23FN6/c1-2-15-11-27-29-9-6-16(10-19(15)29)17-12-24-20-18(17)13-25-21(28-20)26-14-22(23)7-4-3-5-8-22/h2,6,9-13H,1,3-5,7-8,14H2,(H2,24,25,26,28). The van der Waals surface area contributed by atoms with Crippen LogP contribution < -0.4 is 5.32 Å². The molecule has 0 amide bonds. The molecule has 1 aliphatic carbocycles. The molecule has 5 rings (SSSR count). The van der Waals surface area contributed by atoms with E-state index in [4.69, 9.17) is 0 Å². The van der Waals surface area contributed by atoms with E-state index >= 15 is 0 Å². The van der Waals surface area contributed by atoms with E-state index in [0.717, 1.165) is 52.5 Å². The van der Waals surface area contributed by atoms with E-state index < -0.39 is 5.67 Å². The number of anilines is 1. The molecule has 0 saturated heterocycles. The Labute approximate surface area is 167 Å². The van der Waals surface area contributed by atoms with Crippen molar-refractivity contribution in [3.63, 3.8) is 0 Å². The summed E-state index contributed by atoms with van der Waals surface area (Å²) in [6.45, 7) is 4.11. The van der Waals surface area contributed by atoms with Crippen LogP contribution in [0.2, 0.25) is 0 Å². The minimum Gasteiger partial charge on any atom is -0.351 e. The Kier molecular flexibility index (Phi) is 4.30. The minimum absolute atomic E-state index is 0.258. The van der Waals surface area contributed by atoms with Crippen LogP contribution in [0, 0.1) is 0 Å². The number of nitrogens with zero attached hydrogens (tertiary/aromatic N) is 4. The Balaban J connectivity index is 1.42. The lowest BCUT2D eigenvalue weighted by molar-refractivity contribution is 0.122. The Bertz CT molecular complexity index is 1180. The Morgan fingerprint density at radius 3 is 2.97 bits per heavy atom. The normalized spacial score (nSPS) is 16.3. The topological polar surface area (TPSA) is 70.9 Å². The molecule has 4 heterocycles. The number of nitrogens with one attached hydrogen (secondary N) is 2. The van der Waals surface area contributed by atoms with E-state index in [1.165, 1.54) is 0 Å². The van der Waals surface area contributed by atoms with Crippen molar-refractivity contribution in [3.8, 4) is 11.1 Å². The smallest absolute Gasteiger partial charge is 0.224 e. The van der Waals surface area contributed by atoms with Gasteiger partial charge in [0.05, 0.1) is 18.3 Å². The number of hydrogen-bond acceptors (Lipinski definition) is 4. The van der Waals surface area contributed by atoms with Gasteiger partial charge in [-0.15, -0.1) is 0 Å². The number of rotatable bonds is 5. The second-order valence-electron chi connectivity index (χ2n) is 7.77. The molecular formula is C22H23FN6. The van der Waals surface area contributed by atoms with Gasteiger partial charge in [-0.1, -0.05) is 31.9 Å². The Hall–Kier alpha value is -3.22. The lowest BCUT2D eigenvalue weighted by Crippen LogP contribution is -2.34. The predicted molar refractivity (Wildman–Crippen MR) is 114 cm³/mol. The van der Waals surface area contributed by atoms with Crippen molar-refractivity contribution in [2.75, 3.05) is 11.9 Å². The molecule has 2 N–H and O–H groups in total. The number of aromatic nitrogens is 5. The SMILES string of the molecule is C=Cc1cnn2ccc(-c3c[nH]c4nc(NCC5(F)CCCCC5)ncc34)cc12. The fourth-order valence-electron chi connectivity index (χ4n) is 4.16. The monoisotopic (exact) mass is 390 g/mol. The zero-order chi connectivity index (χ0) is 19.8. The number of H-pyrrole nitrogens is 1. The van der Waals surface area contributed by atoms with Crippen LogP contribution >= 0.6 is 0 Å². The number of aromatic amines is 1. The molecule has 0 atom stereocenters. The van der Waals surface area contributed by atoms with Crippen LogP contribution in [0.4, 0.5) is 10.3 Å². The van der Waals surface area contributed by atoms with Gasteiger partial charge in [0.1, 0.15) is 11.3 Å². The van der Waals surface area contributed by atoms with Gasteiger partial charge >= 0.3 is 0 Å². The highest BCUT2D eigenvalue weighted by atomic mass is 19.1. The maximum Gasteiger partial charge on any atom is 0.224 e. The highest BCUT2D eigenvalue weighted by Gasteiger charge is 2.31. The Morgan fingerprint density at radius 1 is 1.28 bits per heavy atom. The van der Waals surface area contributed by atoms with Gasteiger partial charge in [0.2, 0.25) is 5.95 Å². The summed E-state index contributed by atoms with van der Waals surface area (Å²) in [7, 11) is 0. The third-order valence-corrected chi connectivity index (χ3v) is 5.83. The molecule has 7 heteroatoms. The summed E-state index contributed by atoms with van der Waals surface area (Å²) in [6, 6.07) is 4.09. The highest BCUT2D eigenvalue weighted by molar-refractivity contribution is 5.94. The molecule has 6 nitrogen and oxygen atoms in total. The summed E-state index contributed by atoms with van der Waals surface area (Å²) in [5.74, 6) is 0.452. The van der Waals surface area contributed by atoms with E-state index in [1.807, 2.05) is 23.0 Å². The van der Waals surface area contributed by atoms with Crippen molar-refractivity contribution < 1.29 is 4.39 Å². The first-order valence-corrected chi connectivity index (χ1v) is 10.0. The summed E-state index contributed by atoms with van der Waals surface area (Å²) < 4.78 is 16.6. The number of hydrogen-bond donors (Lipinski definition) is 2. The molecule has 0 aromatic carbocycles. The summed E-state index contributed by atoms with van der Waals surface area (Å²) in [5.41, 5.74) is 3.61. The quantitative estimate of drug-likeness (QED) is 0.503. The first-order chi connectivity index (χ1) is 14.1. The molecule has 1 saturated carbocycles. The van der Waals surface area contributed by atoms with Gasteiger partial charge < -0.3 is 10.3 Å². The van der Waals surface area contributed by atoms with Crippen molar-refractivity contribution in [2.45, 2.75) is 37.8 Å². The third kappa shape index (κ3) is 3.26. The lowest BCUT2D eigenvalue weighted by atomic mass is 9.86. The van der Waals surface area contributed by atoms with Crippen LogP contribution in [0.15, 0.2) is 43.5 Å². The van der Waals surface area contributed by atoms with Gasteiger partial charge in [-0.2, -0.15) is 10.1 Å². The fraction of sp³-hybridized carbons (Fsp3) is 0.318. The molecule has 0 bridgehead atoms. The minimum atomic E-state index is -1.15. The number of fused-ring (bicyclic) bond motifs is 2. The molecule has 148 valence electrons. The molecule has 1 aliphatic rings. The molecule has 1 fully saturated rings. The summed E-state index contributed by atoms with van der Waals surface area (Å²) in [4.78, 5) is 12.2. The van der Waals surface area contributed by atoms with Gasteiger partial charge in [0.25, 0.3) is 0 Å². The fourth-order valence-corrected chi connectivity index (χ4v) is 4.16. The van der Waals surface area contributed by atoms with Crippen LogP contribution in [0.25, 0.3) is 33.8 Å². The molecule has 0 spiro atoms. The van der Waals surface area contributed by atoms with Crippen molar-refractivity contribution in [1.29, 1.82) is 0 Å². The number of alkyl halides is 1. The molecule has 0 unspecified atom stereocenters. The zero-order valence-electron chi connectivity index (χ0n) is 16.2. The van der Waals surface area contributed by atoms with Gasteiger partial charge in [-0.25, -0.2) is 13.9 Å². The van der Waals surface area contributed by atoms with E-state index in [9.17, 15) is 4.39 Å².